The van der Waals surface area contributed by atoms with Crippen LogP contribution < -0.4 is 10.2 Å². The summed E-state index contributed by atoms with van der Waals surface area (Å²) in [6.07, 6.45) is 3.35. The van der Waals surface area contributed by atoms with Gasteiger partial charge in [0.2, 0.25) is 0 Å². The molecule has 0 radical (unpaired) electrons. The van der Waals surface area contributed by atoms with Crippen LogP contribution in [0.3, 0.4) is 0 Å². The van der Waals surface area contributed by atoms with Gasteiger partial charge in [0.25, 0.3) is 0 Å². The molecule has 0 aliphatic carbocycles. The Balaban J connectivity index is 1.70. The molecule has 25 heavy (non-hydrogen) atoms. The van der Waals surface area contributed by atoms with E-state index < -0.39 is 0 Å². The summed E-state index contributed by atoms with van der Waals surface area (Å²) >= 11 is 0. The van der Waals surface area contributed by atoms with Gasteiger partial charge in [-0.25, -0.2) is 14.6 Å². The van der Waals surface area contributed by atoms with Gasteiger partial charge in [-0.05, 0) is 36.4 Å². The highest BCUT2D eigenvalue weighted by Gasteiger charge is 2.11. The zero-order chi connectivity index (χ0) is 17.2. The van der Waals surface area contributed by atoms with Crippen molar-refractivity contribution in [3.8, 4) is 5.69 Å². The molecular formula is C19H18N6. The zero-order valence-corrected chi connectivity index (χ0v) is 14.1. The first-order chi connectivity index (χ1) is 12.2. The number of benzene rings is 2. The molecule has 0 saturated heterocycles. The third kappa shape index (κ3) is 2.89. The molecule has 0 saturated carbocycles. The van der Waals surface area contributed by atoms with Crippen molar-refractivity contribution >= 4 is 28.2 Å². The molecular weight excluding hydrogens is 312 g/mol. The molecule has 6 nitrogen and oxygen atoms in total. The fourth-order valence-corrected chi connectivity index (χ4v) is 2.68. The molecule has 0 spiro atoms. The van der Waals surface area contributed by atoms with E-state index in [1.54, 1.807) is 12.5 Å². The molecule has 4 rings (SSSR count). The molecule has 6 heteroatoms. The minimum Gasteiger partial charge on any atom is -0.378 e. The van der Waals surface area contributed by atoms with Crippen LogP contribution in [0.25, 0.3) is 16.7 Å². The number of rotatable bonds is 4. The standard InChI is InChI=1S/C19H18N6/c1-24(2)15-10-8-14(9-11-15)23-18-17-12-22-25(19(17)21-13-20-18)16-6-4-3-5-7-16/h3-13H,1-2H3,(H,20,21,23). The van der Waals surface area contributed by atoms with Crippen molar-refractivity contribution in [2.45, 2.75) is 0 Å². The lowest BCUT2D eigenvalue weighted by Gasteiger charge is -2.13. The van der Waals surface area contributed by atoms with Gasteiger partial charge in [-0.1, -0.05) is 18.2 Å². The highest BCUT2D eigenvalue weighted by molar-refractivity contribution is 5.89. The predicted molar refractivity (Wildman–Crippen MR) is 101 cm³/mol. The summed E-state index contributed by atoms with van der Waals surface area (Å²) in [4.78, 5) is 10.8. The summed E-state index contributed by atoms with van der Waals surface area (Å²) in [7, 11) is 4.04. The Labute approximate surface area is 145 Å². The number of hydrogen-bond donors (Lipinski definition) is 1. The Hall–Kier alpha value is -3.41. The van der Waals surface area contributed by atoms with Gasteiger partial charge in [0.15, 0.2) is 5.65 Å². The molecule has 2 aromatic carbocycles. The van der Waals surface area contributed by atoms with Crippen LogP contribution in [0, 0.1) is 0 Å². The fourth-order valence-electron chi connectivity index (χ4n) is 2.68. The monoisotopic (exact) mass is 330 g/mol. The summed E-state index contributed by atoms with van der Waals surface area (Å²) in [5, 5.41) is 8.71. The maximum atomic E-state index is 4.47. The average Bonchev–Trinajstić information content (AvgIpc) is 3.08. The number of nitrogens with one attached hydrogen (secondary N) is 1. The molecule has 0 fully saturated rings. The maximum Gasteiger partial charge on any atom is 0.168 e. The fraction of sp³-hybridized carbons (Fsp3) is 0.105. The maximum absolute atomic E-state index is 4.47. The molecule has 1 N–H and O–H groups in total. The van der Waals surface area contributed by atoms with Crippen LogP contribution in [0.2, 0.25) is 0 Å². The van der Waals surface area contributed by atoms with Crippen LogP contribution in [0.5, 0.6) is 0 Å². The van der Waals surface area contributed by atoms with Gasteiger partial charge >= 0.3 is 0 Å². The van der Waals surface area contributed by atoms with E-state index in [1.807, 2.05) is 61.2 Å². The Morgan fingerprint density at radius 1 is 0.920 bits per heavy atom. The zero-order valence-electron chi connectivity index (χ0n) is 14.1. The lowest BCUT2D eigenvalue weighted by molar-refractivity contribution is 0.895. The van der Waals surface area contributed by atoms with Crippen molar-refractivity contribution in [1.29, 1.82) is 0 Å². The summed E-state index contributed by atoms with van der Waals surface area (Å²) in [5.74, 6) is 0.741. The second-order valence-corrected chi connectivity index (χ2v) is 5.92. The Kier molecular flexibility index (Phi) is 3.78. The van der Waals surface area contributed by atoms with Crippen LogP contribution in [0.15, 0.2) is 67.1 Å². The Morgan fingerprint density at radius 2 is 1.68 bits per heavy atom. The number of para-hydroxylation sites is 1. The lowest BCUT2D eigenvalue weighted by atomic mass is 10.2. The van der Waals surface area contributed by atoms with E-state index in [9.17, 15) is 0 Å². The van der Waals surface area contributed by atoms with Crippen molar-refractivity contribution < 1.29 is 0 Å². The number of nitrogens with zero attached hydrogens (tertiary/aromatic N) is 5. The third-order valence-electron chi connectivity index (χ3n) is 4.01. The molecule has 0 aliphatic rings. The van der Waals surface area contributed by atoms with Gasteiger partial charge in [-0.3, -0.25) is 0 Å². The lowest BCUT2D eigenvalue weighted by Crippen LogP contribution is -2.08. The number of fused-ring (bicyclic) bond motifs is 1. The smallest absolute Gasteiger partial charge is 0.168 e. The molecule has 0 bridgehead atoms. The van der Waals surface area contributed by atoms with E-state index in [0.29, 0.717) is 0 Å². The van der Waals surface area contributed by atoms with Gasteiger partial charge in [0.1, 0.15) is 12.1 Å². The molecule has 0 amide bonds. The first-order valence-corrected chi connectivity index (χ1v) is 8.01. The van der Waals surface area contributed by atoms with Crippen molar-refractivity contribution in [2.75, 3.05) is 24.3 Å². The SMILES string of the molecule is CN(C)c1ccc(Nc2ncnc3c2cnn3-c2ccccc2)cc1. The van der Waals surface area contributed by atoms with E-state index in [4.69, 9.17) is 0 Å². The third-order valence-corrected chi connectivity index (χ3v) is 4.01. The topological polar surface area (TPSA) is 58.9 Å². The molecule has 0 unspecified atom stereocenters. The highest BCUT2D eigenvalue weighted by Crippen LogP contribution is 2.25. The van der Waals surface area contributed by atoms with E-state index in [2.05, 4.69) is 37.4 Å². The van der Waals surface area contributed by atoms with Crippen molar-refractivity contribution in [3.05, 3.63) is 67.1 Å². The van der Waals surface area contributed by atoms with Crippen LogP contribution in [0.1, 0.15) is 0 Å². The van der Waals surface area contributed by atoms with Gasteiger partial charge < -0.3 is 10.2 Å². The molecule has 124 valence electrons. The van der Waals surface area contributed by atoms with Crippen molar-refractivity contribution in [1.82, 2.24) is 19.7 Å². The molecule has 2 heterocycles. The van der Waals surface area contributed by atoms with Gasteiger partial charge in [-0.15, -0.1) is 0 Å². The Morgan fingerprint density at radius 3 is 2.40 bits per heavy atom. The summed E-state index contributed by atoms with van der Waals surface area (Å²) in [6.45, 7) is 0. The number of hydrogen-bond acceptors (Lipinski definition) is 5. The minimum atomic E-state index is 0.741. The van der Waals surface area contributed by atoms with Gasteiger partial charge in [0.05, 0.1) is 17.3 Å². The number of aromatic nitrogens is 4. The van der Waals surface area contributed by atoms with Gasteiger partial charge in [-0.2, -0.15) is 5.10 Å². The molecule has 0 aliphatic heterocycles. The van der Waals surface area contributed by atoms with Crippen molar-refractivity contribution in [3.63, 3.8) is 0 Å². The van der Waals surface area contributed by atoms with Crippen LogP contribution in [0.4, 0.5) is 17.2 Å². The van der Waals surface area contributed by atoms with Crippen LogP contribution >= 0.6 is 0 Å². The summed E-state index contributed by atoms with van der Waals surface area (Å²) in [5.41, 5.74) is 3.86. The van der Waals surface area contributed by atoms with Crippen LogP contribution in [-0.2, 0) is 0 Å². The predicted octanol–water partition coefficient (Wildman–Crippen LogP) is 3.63. The molecule has 0 atom stereocenters. The average molecular weight is 330 g/mol. The summed E-state index contributed by atoms with van der Waals surface area (Å²) in [6, 6.07) is 18.1. The first-order valence-electron chi connectivity index (χ1n) is 8.01. The summed E-state index contributed by atoms with van der Waals surface area (Å²) < 4.78 is 1.82. The van der Waals surface area contributed by atoms with E-state index >= 15 is 0 Å². The largest absolute Gasteiger partial charge is 0.378 e. The second kappa shape index (κ2) is 6.24. The van der Waals surface area contributed by atoms with Gasteiger partial charge in [0, 0.05) is 25.5 Å². The molecule has 2 aromatic heterocycles. The van der Waals surface area contributed by atoms with E-state index in [1.165, 1.54) is 0 Å². The first kappa shape index (κ1) is 15.1. The van der Waals surface area contributed by atoms with E-state index in [-0.39, 0.29) is 0 Å². The van der Waals surface area contributed by atoms with E-state index in [0.717, 1.165) is 33.9 Å². The van der Waals surface area contributed by atoms with Crippen LogP contribution in [-0.4, -0.2) is 33.8 Å². The normalized spacial score (nSPS) is 10.8. The minimum absolute atomic E-state index is 0.741. The quantitative estimate of drug-likeness (QED) is 0.619. The van der Waals surface area contributed by atoms with Crippen molar-refractivity contribution in [2.24, 2.45) is 0 Å². The number of anilines is 3. The Bertz CT molecular complexity index is 990. The molecule has 4 aromatic rings. The second-order valence-electron chi connectivity index (χ2n) is 5.92. The highest BCUT2D eigenvalue weighted by atomic mass is 15.3.